The van der Waals surface area contributed by atoms with Gasteiger partial charge in [0.1, 0.15) is 11.6 Å². The first-order chi connectivity index (χ1) is 19.0. The van der Waals surface area contributed by atoms with Crippen LogP contribution in [0.25, 0.3) is 5.69 Å². The lowest BCUT2D eigenvalue weighted by molar-refractivity contribution is -0.133. The fourth-order valence-electron chi connectivity index (χ4n) is 4.74. The second kappa shape index (κ2) is 12.3. The van der Waals surface area contributed by atoms with Gasteiger partial charge in [0.2, 0.25) is 11.8 Å². The largest absolute Gasteiger partial charge is 0.354 e. The summed E-state index contributed by atoms with van der Waals surface area (Å²) in [5, 5.41) is 12.4. The van der Waals surface area contributed by atoms with Crippen molar-refractivity contribution < 1.29 is 14.0 Å². The third-order valence-corrected chi connectivity index (χ3v) is 7.87. The Morgan fingerprint density at radius 1 is 1.03 bits per heavy atom. The summed E-state index contributed by atoms with van der Waals surface area (Å²) >= 11 is 1.56. The molecule has 0 saturated carbocycles. The van der Waals surface area contributed by atoms with Crippen LogP contribution in [-0.2, 0) is 21.8 Å². The number of aryl methyl sites for hydroxylation is 1. The van der Waals surface area contributed by atoms with Gasteiger partial charge in [0.15, 0.2) is 5.16 Å². The van der Waals surface area contributed by atoms with Gasteiger partial charge in [-0.3, -0.25) is 14.2 Å². The number of nitrogens with zero attached hydrogens (tertiary/aromatic N) is 4. The highest BCUT2D eigenvalue weighted by atomic mass is 32.2. The number of benzene rings is 3. The molecule has 5 rings (SSSR count). The van der Waals surface area contributed by atoms with Gasteiger partial charge in [-0.15, -0.1) is 10.2 Å². The predicted molar refractivity (Wildman–Crippen MR) is 149 cm³/mol. The topological polar surface area (TPSA) is 80.1 Å². The molecule has 1 atom stereocenters. The molecule has 2 heterocycles. The van der Waals surface area contributed by atoms with Crippen LogP contribution in [0.1, 0.15) is 34.9 Å². The van der Waals surface area contributed by atoms with E-state index in [-0.39, 0.29) is 30.1 Å². The van der Waals surface area contributed by atoms with Crippen molar-refractivity contribution in [1.82, 2.24) is 25.0 Å². The zero-order chi connectivity index (χ0) is 27.2. The van der Waals surface area contributed by atoms with E-state index in [1.807, 2.05) is 47.0 Å². The quantitative estimate of drug-likeness (QED) is 0.294. The standard InChI is InChI=1S/C30H30FN5O2S/c1-21-7-5-6-10-23(21)20-39-30-34-33-27(36(30)26-13-11-25(31)12-14-26)15-16-32-28(37)19-35-18-24(17-29(35)38)22-8-3-2-4-9-22/h2-14,24H,15-20H2,1H3,(H,32,37)/t24-/m1/s1. The highest BCUT2D eigenvalue weighted by molar-refractivity contribution is 7.98. The molecule has 39 heavy (non-hydrogen) atoms. The van der Waals surface area contributed by atoms with Gasteiger partial charge >= 0.3 is 0 Å². The van der Waals surface area contributed by atoms with E-state index in [1.165, 1.54) is 23.3 Å². The molecule has 1 aliphatic rings. The second-order valence-corrected chi connectivity index (χ2v) is 10.6. The zero-order valence-electron chi connectivity index (χ0n) is 21.7. The minimum Gasteiger partial charge on any atom is -0.354 e. The van der Waals surface area contributed by atoms with Gasteiger partial charge < -0.3 is 10.2 Å². The summed E-state index contributed by atoms with van der Waals surface area (Å²) in [4.78, 5) is 26.8. The average molecular weight is 544 g/mol. The minimum absolute atomic E-state index is 0.00891. The average Bonchev–Trinajstić information content (AvgIpc) is 3.52. The molecule has 2 amide bonds. The van der Waals surface area contributed by atoms with E-state index in [0.717, 1.165) is 17.0 Å². The van der Waals surface area contributed by atoms with E-state index in [9.17, 15) is 14.0 Å². The Balaban J connectivity index is 1.21. The van der Waals surface area contributed by atoms with Crippen LogP contribution in [0, 0.1) is 12.7 Å². The molecule has 0 unspecified atom stereocenters. The summed E-state index contributed by atoms with van der Waals surface area (Å²) in [6.07, 6.45) is 0.850. The smallest absolute Gasteiger partial charge is 0.239 e. The Morgan fingerprint density at radius 2 is 1.77 bits per heavy atom. The Hall–Kier alpha value is -3.98. The summed E-state index contributed by atoms with van der Waals surface area (Å²) in [7, 11) is 0. The monoisotopic (exact) mass is 543 g/mol. The molecule has 1 fully saturated rings. The van der Waals surface area contributed by atoms with Gasteiger partial charge in [-0.2, -0.15) is 0 Å². The Kier molecular flexibility index (Phi) is 8.36. The lowest BCUT2D eigenvalue weighted by Crippen LogP contribution is -2.38. The molecule has 0 bridgehead atoms. The van der Waals surface area contributed by atoms with Gasteiger partial charge in [-0.05, 0) is 47.9 Å². The molecule has 7 nitrogen and oxygen atoms in total. The Bertz CT molecular complexity index is 1440. The van der Waals surface area contributed by atoms with Crippen LogP contribution >= 0.6 is 11.8 Å². The first-order valence-electron chi connectivity index (χ1n) is 12.9. The molecule has 0 radical (unpaired) electrons. The Labute approximate surface area is 231 Å². The number of halogens is 1. The highest BCUT2D eigenvalue weighted by Gasteiger charge is 2.31. The normalized spacial score (nSPS) is 15.1. The molecule has 1 N–H and O–H groups in total. The molecule has 0 spiro atoms. The molecular weight excluding hydrogens is 513 g/mol. The van der Waals surface area contributed by atoms with Crippen LogP contribution in [0.4, 0.5) is 4.39 Å². The van der Waals surface area contributed by atoms with E-state index in [0.29, 0.717) is 36.9 Å². The fourth-order valence-corrected chi connectivity index (χ4v) is 5.78. The molecule has 200 valence electrons. The summed E-state index contributed by atoms with van der Waals surface area (Å²) in [6, 6.07) is 24.3. The van der Waals surface area contributed by atoms with Crippen molar-refractivity contribution >= 4 is 23.6 Å². The Morgan fingerprint density at radius 3 is 2.54 bits per heavy atom. The van der Waals surface area contributed by atoms with Crippen molar-refractivity contribution in [2.75, 3.05) is 19.6 Å². The van der Waals surface area contributed by atoms with Crippen molar-refractivity contribution in [1.29, 1.82) is 0 Å². The summed E-state index contributed by atoms with van der Waals surface area (Å²) < 4.78 is 15.5. The summed E-state index contributed by atoms with van der Waals surface area (Å²) in [6.45, 7) is 2.98. The van der Waals surface area contributed by atoms with Crippen LogP contribution in [0.15, 0.2) is 84.0 Å². The van der Waals surface area contributed by atoms with Gasteiger partial charge in [0.05, 0.1) is 6.54 Å². The number of aromatic nitrogens is 3. The first kappa shape index (κ1) is 26.6. The number of thioether (sulfide) groups is 1. The number of nitrogens with one attached hydrogen (secondary N) is 1. The number of rotatable bonds is 10. The van der Waals surface area contributed by atoms with Gasteiger partial charge in [-0.1, -0.05) is 66.4 Å². The van der Waals surface area contributed by atoms with Crippen molar-refractivity contribution in [3.8, 4) is 5.69 Å². The van der Waals surface area contributed by atoms with Crippen LogP contribution in [0.5, 0.6) is 0 Å². The highest BCUT2D eigenvalue weighted by Crippen LogP contribution is 2.28. The third-order valence-electron chi connectivity index (χ3n) is 6.89. The van der Waals surface area contributed by atoms with Gasteiger partial charge in [0.25, 0.3) is 0 Å². The van der Waals surface area contributed by atoms with Crippen molar-refractivity contribution in [3.63, 3.8) is 0 Å². The van der Waals surface area contributed by atoms with Gasteiger partial charge in [-0.25, -0.2) is 4.39 Å². The van der Waals surface area contributed by atoms with Crippen molar-refractivity contribution in [2.24, 2.45) is 0 Å². The molecule has 1 aliphatic heterocycles. The number of carbonyl (C=O) groups is 2. The maximum atomic E-state index is 13.6. The third kappa shape index (κ3) is 6.54. The van der Waals surface area contributed by atoms with Crippen molar-refractivity contribution in [2.45, 2.75) is 36.6 Å². The second-order valence-electron chi connectivity index (χ2n) is 9.61. The molecule has 4 aromatic rings. The van der Waals surface area contributed by atoms with E-state index in [4.69, 9.17) is 0 Å². The fraction of sp³-hybridized carbons (Fsp3) is 0.267. The first-order valence-corrected chi connectivity index (χ1v) is 13.9. The van der Waals surface area contributed by atoms with E-state index in [1.54, 1.807) is 28.8 Å². The van der Waals surface area contributed by atoms with E-state index in [2.05, 4.69) is 34.6 Å². The van der Waals surface area contributed by atoms with Crippen LogP contribution in [-0.4, -0.2) is 51.1 Å². The predicted octanol–water partition coefficient (Wildman–Crippen LogP) is 4.68. The minimum atomic E-state index is -0.319. The van der Waals surface area contributed by atoms with Crippen LogP contribution in [0.3, 0.4) is 0 Å². The summed E-state index contributed by atoms with van der Waals surface area (Å²) in [5.41, 5.74) is 4.28. The molecular formula is C30H30FN5O2S. The lowest BCUT2D eigenvalue weighted by atomic mass is 9.99. The molecule has 0 aliphatic carbocycles. The number of carbonyl (C=O) groups excluding carboxylic acids is 2. The SMILES string of the molecule is Cc1ccccc1CSc1nnc(CCNC(=O)CN2C[C@H](c3ccccc3)CC2=O)n1-c1ccc(F)cc1. The molecule has 1 aromatic heterocycles. The van der Waals surface area contributed by atoms with Crippen LogP contribution < -0.4 is 5.32 Å². The number of hydrogen-bond acceptors (Lipinski definition) is 5. The molecule has 3 aromatic carbocycles. The summed E-state index contributed by atoms with van der Waals surface area (Å²) in [5.74, 6) is 0.952. The van der Waals surface area contributed by atoms with E-state index >= 15 is 0 Å². The maximum absolute atomic E-state index is 13.6. The van der Waals surface area contributed by atoms with E-state index < -0.39 is 0 Å². The lowest BCUT2D eigenvalue weighted by Gasteiger charge is -2.16. The molecule has 1 saturated heterocycles. The molecule has 9 heteroatoms. The number of likely N-dealkylation sites (tertiary alicyclic amines) is 1. The number of hydrogen-bond donors (Lipinski definition) is 1. The zero-order valence-corrected chi connectivity index (χ0v) is 22.5. The van der Waals surface area contributed by atoms with Gasteiger partial charge in [0, 0.05) is 43.3 Å². The van der Waals surface area contributed by atoms with Crippen LogP contribution in [0.2, 0.25) is 0 Å². The number of amides is 2. The van der Waals surface area contributed by atoms with Crippen molar-refractivity contribution in [3.05, 3.63) is 107 Å². The maximum Gasteiger partial charge on any atom is 0.239 e.